The van der Waals surface area contributed by atoms with Crippen LogP contribution in [0, 0.1) is 0 Å². The van der Waals surface area contributed by atoms with Crippen molar-refractivity contribution in [3.63, 3.8) is 0 Å². The molecule has 0 aliphatic heterocycles. The average molecular weight is 203 g/mol. The maximum atomic E-state index is 9.15. The Labute approximate surface area is 88.2 Å². The molecule has 0 bridgehead atoms. The molecule has 0 atom stereocenters. The van der Waals surface area contributed by atoms with E-state index >= 15 is 0 Å². The fraction of sp³-hybridized carbons (Fsp3) is 0.182. The average Bonchev–Trinajstić information content (AvgIpc) is 2.68. The quantitative estimate of drug-likeness (QED) is 0.790. The molecule has 0 amide bonds. The van der Waals surface area contributed by atoms with E-state index in [4.69, 9.17) is 5.11 Å². The number of phenolic OH excluding ortho intramolecular Hbond substituents is 1. The molecule has 1 heterocycles. The highest BCUT2D eigenvalue weighted by atomic mass is 16.3. The van der Waals surface area contributed by atoms with Gasteiger partial charge in [-0.1, -0.05) is 0 Å². The number of hydrogen-bond donors (Lipinski definition) is 2. The molecule has 4 nitrogen and oxygen atoms in total. The number of phenols is 1. The largest absolute Gasteiger partial charge is 0.508 e. The van der Waals surface area contributed by atoms with Crippen molar-refractivity contribution in [1.29, 1.82) is 0 Å². The van der Waals surface area contributed by atoms with Gasteiger partial charge in [-0.2, -0.15) is 5.10 Å². The third kappa shape index (κ3) is 2.16. The van der Waals surface area contributed by atoms with Crippen LogP contribution in [0.4, 0.5) is 0 Å². The summed E-state index contributed by atoms with van der Waals surface area (Å²) in [6.07, 6.45) is 3.78. The number of nitrogens with zero attached hydrogens (tertiary/aromatic N) is 2. The van der Waals surface area contributed by atoms with E-state index in [9.17, 15) is 0 Å². The van der Waals surface area contributed by atoms with Crippen LogP contribution < -0.4 is 5.32 Å². The lowest BCUT2D eigenvalue weighted by atomic mass is 10.3. The summed E-state index contributed by atoms with van der Waals surface area (Å²) >= 11 is 0. The molecule has 0 aliphatic rings. The van der Waals surface area contributed by atoms with Gasteiger partial charge in [-0.25, -0.2) is 4.68 Å². The Morgan fingerprint density at radius 3 is 2.73 bits per heavy atom. The van der Waals surface area contributed by atoms with Gasteiger partial charge in [0.25, 0.3) is 0 Å². The van der Waals surface area contributed by atoms with Crippen LogP contribution in [0.1, 0.15) is 5.56 Å². The van der Waals surface area contributed by atoms with Crippen molar-refractivity contribution in [3.8, 4) is 11.4 Å². The maximum Gasteiger partial charge on any atom is 0.115 e. The van der Waals surface area contributed by atoms with Gasteiger partial charge in [0.2, 0.25) is 0 Å². The van der Waals surface area contributed by atoms with Gasteiger partial charge in [0.15, 0.2) is 0 Å². The predicted octanol–water partition coefficient (Wildman–Crippen LogP) is 1.30. The van der Waals surface area contributed by atoms with Crippen LogP contribution in [0.15, 0.2) is 36.7 Å². The highest BCUT2D eigenvalue weighted by Gasteiger charge is 1.99. The van der Waals surface area contributed by atoms with E-state index in [-0.39, 0.29) is 5.75 Å². The van der Waals surface area contributed by atoms with Crippen LogP contribution >= 0.6 is 0 Å². The third-order valence-corrected chi connectivity index (χ3v) is 2.13. The molecule has 0 fully saturated rings. The molecule has 2 rings (SSSR count). The summed E-state index contributed by atoms with van der Waals surface area (Å²) in [5, 5.41) is 16.4. The first-order valence-corrected chi connectivity index (χ1v) is 4.77. The van der Waals surface area contributed by atoms with Gasteiger partial charge in [0, 0.05) is 18.3 Å². The van der Waals surface area contributed by atoms with Crippen LogP contribution in [0.5, 0.6) is 5.75 Å². The lowest BCUT2D eigenvalue weighted by Crippen LogP contribution is -2.03. The van der Waals surface area contributed by atoms with E-state index in [2.05, 4.69) is 10.4 Å². The van der Waals surface area contributed by atoms with Gasteiger partial charge in [-0.15, -0.1) is 0 Å². The number of aromatic nitrogens is 2. The van der Waals surface area contributed by atoms with Crippen LogP contribution in [-0.4, -0.2) is 21.9 Å². The summed E-state index contributed by atoms with van der Waals surface area (Å²) in [5.41, 5.74) is 2.07. The number of aromatic hydroxyl groups is 1. The molecule has 0 unspecified atom stereocenters. The molecule has 4 heteroatoms. The zero-order valence-electron chi connectivity index (χ0n) is 8.51. The van der Waals surface area contributed by atoms with Crippen LogP contribution in [0.3, 0.4) is 0 Å². The lowest BCUT2D eigenvalue weighted by Gasteiger charge is -2.00. The molecule has 1 aromatic heterocycles. The van der Waals surface area contributed by atoms with Gasteiger partial charge >= 0.3 is 0 Å². The molecule has 2 aromatic rings. The van der Waals surface area contributed by atoms with Crippen molar-refractivity contribution >= 4 is 0 Å². The minimum atomic E-state index is 0.265. The van der Waals surface area contributed by atoms with Crippen LogP contribution in [0.25, 0.3) is 5.69 Å². The standard InChI is InChI=1S/C11H13N3O/c1-12-6-9-7-13-14(8-9)10-2-4-11(15)5-3-10/h2-5,7-8,12,15H,6H2,1H3. The second kappa shape index (κ2) is 4.14. The van der Waals surface area contributed by atoms with Crippen molar-refractivity contribution in [1.82, 2.24) is 15.1 Å². The molecule has 0 saturated heterocycles. The maximum absolute atomic E-state index is 9.15. The van der Waals surface area contributed by atoms with Crippen LogP contribution in [-0.2, 0) is 6.54 Å². The summed E-state index contributed by atoms with van der Waals surface area (Å²) in [6, 6.07) is 6.94. The first kappa shape index (κ1) is 9.73. The molecule has 2 N–H and O–H groups in total. The number of rotatable bonds is 3. The number of hydrogen-bond acceptors (Lipinski definition) is 3. The molecule has 0 saturated carbocycles. The van der Waals surface area contributed by atoms with E-state index in [0.717, 1.165) is 17.8 Å². The van der Waals surface area contributed by atoms with Gasteiger partial charge in [0.05, 0.1) is 11.9 Å². The van der Waals surface area contributed by atoms with Crippen molar-refractivity contribution in [2.45, 2.75) is 6.54 Å². The zero-order valence-corrected chi connectivity index (χ0v) is 8.51. The molecule has 15 heavy (non-hydrogen) atoms. The Balaban J connectivity index is 2.25. The Hall–Kier alpha value is -1.81. The fourth-order valence-corrected chi connectivity index (χ4v) is 1.40. The Bertz CT molecular complexity index is 433. The molecule has 0 radical (unpaired) electrons. The minimum Gasteiger partial charge on any atom is -0.508 e. The minimum absolute atomic E-state index is 0.265. The third-order valence-electron chi connectivity index (χ3n) is 2.13. The molecule has 0 spiro atoms. The normalized spacial score (nSPS) is 10.5. The van der Waals surface area contributed by atoms with Crippen LogP contribution in [0.2, 0.25) is 0 Å². The van der Waals surface area contributed by atoms with Crippen molar-refractivity contribution in [2.75, 3.05) is 7.05 Å². The lowest BCUT2D eigenvalue weighted by molar-refractivity contribution is 0.475. The Morgan fingerprint density at radius 1 is 1.33 bits per heavy atom. The number of benzene rings is 1. The first-order chi connectivity index (χ1) is 7.29. The highest BCUT2D eigenvalue weighted by molar-refractivity contribution is 5.36. The summed E-state index contributed by atoms with van der Waals surface area (Å²) in [4.78, 5) is 0. The van der Waals surface area contributed by atoms with E-state index in [0.29, 0.717) is 0 Å². The topological polar surface area (TPSA) is 50.1 Å². The number of nitrogens with one attached hydrogen (secondary N) is 1. The monoisotopic (exact) mass is 203 g/mol. The predicted molar refractivity (Wildman–Crippen MR) is 58.0 cm³/mol. The van der Waals surface area contributed by atoms with E-state index in [1.165, 1.54) is 0 Å². The highest BCUT2D eigenvalue weighted by Crippen LogP contribution is 2.13. The van der Waals surface area contributed by atoms with Crippen molar-refractivity contribution < 1.29 is 5.11 Å². The Kier molecular flexibility index (Phi) is 2.69. The van der Waals surface area contributed by atoms with E-state index < -0.39 is 0 Å². The van der Waals surface area contributed by atoms with E-state index in [1.54, 1.807) is 16.8 Å². The van der Waals surface area contributed by atoms with Gasteiger partial charge in [-0.05, 0) is 31.3 Å². The molecule has 0 aliphatic carbocycles. The summed E-state index contributed by atoms with van der Waals surface area (Å²) in [5.74, 6) is 0.265. The van der Waals surface area contributed by atoms with Crippen molar-refractivity contribution in [2.24, 2.45) is 0 Å². The smallest absolute Gasteiger partial charge is 0.115 e. The van der Waals surface area contributed by atoms with Gasteiger partial charge < -0.3 is 10.4 Å². The van der Waals surface area contributed by atoms with Crippen molar-refractivity contribution in [3.05, 3.63) is 42.2 Å². The first-order valence-electron chi connectivity index (χ1n) is 4.77. The van der Waals surface area contributed by atoms with Gasteiger partial charge in [-0.3, -0.25) is 0 Å². The summed E-state index contributed by atoms with van der Waals surface area (Å²) in [6.45, 7) is 0.804. The molecule has 78 valence electrons. The fourth-order valence-electron chi connectivity index (χ4n) is 1.40. The second-order valence-electron chi connectivity index (χ2n) is 3.34. The Morgan fingerprint density at radius 2 is 2.07 bits per heavy atom. The summed E-state index contributed by atoms with van der Waals surface area (Å²) in [7, 11) is 1.90. The SMILES string of the molecule is CNCc1cnn(-c2ccc(O)cc2)c1. The summed E-state index contributed by atoms with van der Waals surface area (Å²) < 4.78 is 1.78. The second-order valence-corrected chi connectivity index (χ2v) is 3.34. The zero-order chi connectivity index (χ0) is 10.7. The molecular weight excluding hydrogens is 190 g/mol. The molecular formula is C11H13N3O. The van der Waals surface area contributed by atoms with E-state index in [1.807, 2.05) is 31.6 Å². The van der Waals surface area contributed by atoms with Gasteiger partial charge in [0.1, 0.15) is 5.75 Å². The molecule has 1 aromatic carbocycles.